The predicted octanol–water partition coefficient (Wildman–Crippen LogP) is 5.88. The fourth-order valence-corrected chi connectivity index (χ4v) is 2.77. The van der Waals surface area contributed by atoms with Gasteiger partial charge in [-0.15, -0.1) is 0 Å². The molecule has 0 spiro atoms. The average molecular weight is 242 g/mol. The smallest absolute Gasteiger partial charge is 0.0276 e. The lowest BCUT2D eigenvalue weighted by atomic mass is 9.95. The van der Waals surface area contributed by atoms with Gasteiger partial charge >= 0.3 is 0 Å². The van der Waals surface area contributed by atoms with Crippen LogP contribution in [-0.2, 0) is 0 Å². The monoisotopic (exact) mass is 242 g/mol. The first-order chi connectivity index (χ1) is 8.97. The van der Waals surface area contributed by atoms with Crippen LogP contribution < -0.4 is 0 Å². The maximum Gasteiger partial charge on any atom is -0.0276 e. The molecule has 18 heavy (non-hydrogen) atoms. The van der Waals surface area contributed by atoms with Crippen molar-refractivity contribution in [2.24, 2.45) is 0 Å². The van der Waals surface area contributed by atoms with Crippen LogP contribution in [0.3, 0.4) is 0 Å². The zero-order valence-electron chi connectivity index (χ0n) is 11.5. The van der Waals surface area contributed by atoms with E-state index in [0.29, 0.717) is 0 Å². The van der Waals surface area contributed by atoms with Gasteiger partial charge < -0.3 is 0 Å². The Kier molecular flexibility index (Phi) is 6.05. The summed E-state index contributed by atoms with van der Waals surface area (Å²) in [5.41, 5.74) is 3.17. The number of hydrogen-bond donors (Lipinski definition) is 0. The molecule has 0 saturated carbocycles. The predicted molar refractivity (Wildman–Crippen MR) is 80.6 cm³/mol. The Balaban J connectivity index is 2.09. The summed E-state index contributed by atoms with van der Waals surface area (Å²) in [4.78, 5) is 0. The van der Waals surface area contributed by atoms with Gasteiger partial charge in [0.1, 0.15) is 0 Å². The van der Waals surface area contributed by atoms with Crippen LogP contribution in [0, 0.1) is 0 Å². The molecule has 0 atom stereocenters. The Bertz CT molecular complexity index is 316. The molecule has 2 rings (SSSR count). The lowest BCUT2D eigenvalue weighted by molar-refractivity contribution is 0.669. The number of rotatable bonds is 1. The lowest BCUT2D eigenvalue weighted by Crippen LogP contribution is -1.91. The molecule has 0 heterocycles. The largest absolute Gasteiger partial charge is 0.0845 e. The van der Waals surface area contributed by atoms with Crippen LogP contribution >= 0.6 is 0 Å². The maximum absolute atomic E-state index is 2.36. The van der Waals surface area contributed by atoms with Crippen LogP contribution in [0.5, 0.6) is 0 Å². The van der Waals surface area contributed by atoms with Gasteiger partial charge in [0.05, 0.1) is 0 Å². The molecule has 0 heteroatoms. The standard InChI is InChI=1S/C18H26/c1-2-6-10-14-17(13-9-5-1)18-15-11-7-3-4-8-12-16-18/h5,7,9,11,13,15H,1-4,6,8,10,12,14,16H2/b9-5+,11-7?,17-13+,18-15?. The Morgan fingerprint density at radius 3 is 1.56 bits per heavy atom. The van der Waals surface area contributed by atoms with Gasteiger partial charge in [-0.05, 0) is 62.5 Å². The molecule has 0 aromatic heterocycles. The average Bonchev–Trinajstić information content (AvgIpc) is 2.61. The van der Waals surface area contributed by atoms with Crippen LogP contribution in [0.15, 0.2) is 47.6 Å². The number of hydrogen-bond acceptors (Lipinski definition) is 0. The molecular weight excluding hydrogens is 216 g/mol. The van der Waals surface area contributed by atoms with Crippen LogP contribution in [0.4, 0.5) is 0 Å². The summed E-state index contributed by atoms with van der Waals surface area (Å²) in [6, 6.07) is 0. The van der Waals surface area contributed by atoms with Gasteiger partial charge in [-0.3, -0.25) is 0 Å². The highest BCUT2D eigenvalue weighted by molar-refractivity contribution is 5.36. The summed E-state index contributed by atoms with van der Waals surface area (Å²) in [5.74, 6) is 0. The van der Waals surface area contributed by atoms with E-state index in [2.05, 4.69) is 36.5 Å². The molecule has 2 aliphatic carbocycles. The van der Waals surface area contributed by atoms with Gasteiger partial charge in [-0.2, -0.15) is 0 Å². The third-order valence-electron chi connectivity index (χ3n) is 3.91. The quantitative estimate of drug-likeness (QED) is 0.538. The van der Waals surface area contributed by atoms with E-state index in [1.54, 1.807) is 11.1 Å². The molecular formula is C18H26. The zero-order chi connectivity index (χ0) is 12.5. The van der Waals surface area contributed by atoms with Gasteiger partial charge in [0, 0.05) is 0 Å². The summed E-state index contributed by atoms with van der Waals surface area (Å²) in [6.07, 6.45) is 27.2. The SMILES string of the molecule is C1=CCCCCCC(/C2=C/C=C/CCCCC2)=C1. The Hall–Kier alpha value is -1.04. The van der Waals surface area contributed by atoms with E-state index in [1.807, 2.05) is 0 Å². The van der Waals surface area contributed by atoms with Crippen LogP contribution in [0.25, 0.3) is 0 Å². The zero-order valence-corrected chi connectivity index (χ0v) is 11.5. The molecule has 0 amide bonds. The molecule has 0 aromatic carbocycles. The van der Waals surface area contributed by atoms with Crippen molar-refractivity contribution in [3.05, 3.63) is 47.6 Å². The highest BCUT2D eigenvalue weighted by Crippen LogP contribution is 2.25. The minimum atomic E-state index is 1.25. The second-order valence-electron chi connectivity index (χ2n) is 5.44. The molecule has 0 nitrogen and oxygen atoms in total. The summed E-state index contributed by atoms with van der Waals surface area (Å²) in [6.45, 7) is 0. The van der Waals surface area contributed by atoms with E-state index >= 15 is 0 Å². The normalized spacial score (nSPS) is 27.3. The van der Waals surface area contributed by atoms with Gasteiger partial charge in [-0.25, -0.2) is 0 Å². The molecule has 2 aliphatic rings. The van der Waals surface area contributed by atoms with E-state index in [4.69, 9.17) is 0 Å². The third-order valence-corrected chi connectivity index (χ3v) is 3.91. The summed E-state index contributed by atoms with van der Waals surface area (Å²) in [7, 11) is 0. The second kappa shape index (κ2) is 8.13. The first-order valence-electron chi connectivity index (χ1n) is 7.68. The van der Waals surface area contributed by atoms with E-state index in [9.17, 15) is 0 Å². The Morgan fingerprint density at radius 2 is 1.06 bits per heavy atom. The molecule has 0 N–H and O–H groups in total. The van der Waals surface area contributed by atoms with Crippen molar-refractivity contribution in [1.29, 1.82) is 0 Å². The van der Waals surface area contributed by atoms with Crippen molar-refractivity contribution in [2.75, 3.05) is 0 Å². The summed E-state index contributed by atoms with van der Waals surface area (Å²) < 4.78 is 0. The molecule has 0 fully saturated rings. The molecule has 0 aromatic rings. The molecule has 0 saturated heterocycles. The van der Waals surface area contributed by atoms with Gasteiger partial charge in [-0.1, -0.05) is 49.3 Å². The van der Waals surface area contributed by atoms with Crippen molar-refractivity contribution in [3.8, 4) is 0 Å². The molecule has 0 radical (unpaired) electrons. The van der Waals surface area contributed by atoms with E-state index in [0.717, 1.165) is 0 Å². The van der Waals surface area contributed by atoms with Crippen LogP contribution in [0.1, 0.15) is 64.2 Å². The van der Waals surface area contributed by atoms with Crippen molar-refractivity contribution < 1.29 is 0 Å². The Labute approximate surface area is 112 Å². The fraction of sp³-hybridized carbons (Fsp3) is 0.556. The van der Waals surface area contributed by atoms with Gasteiger partial charge in [0.25, 0.3) is 0 Å². The maximum atomic E-state index is 2.36. The highest BCUT2D eigenvalue weighted by atomic mass is 14.1. The minimum Gasteiger partial charge on any atom is -0.0845 e. The van der Waals surface area contributed by atoms with Crippen molar-refractivity contribution in [2.45, 2.75) is 64.2 Å². The minimum absolute atomic E-state index is 1.25. The van der Waals surface area contributed by atoms with E-state index in [1.165, 1.54) is 64.2 Å². The topological polar surface area (TPSA) is 0 Å². The molecule has 0 bridgehead atoms. The molecule has 0 aliphatic heterocycles. The third kappa shape index (κ3) is 4.68. The van der Waals surface area contributed by atoms with Gasteiger partial charge in [0.2, 0.25) is 0 Å². The first-order valence-corrected chi connectivity index (χ1v) is 7.68. The van der Waals surface area contributed by atoms with E-state index in [-0.39, 0.29) is 0 Å². The van der Waals surface area contributed by atoms with Crippen molar-refractivity contribution in [1.82, 2.24) is 0 Å². The fourth-order valence-electron chi connectivity index (χ4n) is 2.77. The van der Waals surface area contributed by atoms with Crippen molar-refractivity contribution in [3.63, 3.8) is 0 Å². The molecule has 0 unspecified atom stereocenters. The van der Waals surface area contributed by atoms with Crippen molar-refractivity contribution >= 4 is 0 Å². The molecule has 98 valence electrons. The van der Waals surface area contributed by atoms with Gasteiger partial charge in [0.15, 0.2) is 0 Å². The van der Waals surface area contributed by atoms with E-state index < -0.39 is 0 Å². The Morgan fingerprint density at radius 1 is 0.556 bits per heavy atom. The lowest BCUT2D eigenvalue weighted by Gasteiger charge is -2.11. The second-order valence-corrected chi connectivity index (χ2v) is 5.44. The summed E-state index contributed by atoms with van der Waals surface area (Å²) >= 11 is 0. The highest BCUT2D eigenvalue weighted by Gasteiger charge is 2.06. The summed E-state index contributed by atoms with van der Waals surface area (Å²) in [5, 5.41) is 0. The van der Waals surface area contributed by atoms with Crippen LogP contribution in [0.2, 0.25) is 0 Å². The van der Waals surface area contributed by atoms with Crippen LogP contribution in [-0.4, -0.2) is 0 Å². The first kappa shape index (κ1) is 13.4. The number of allylic oxidation sites excluding steroid dienone is 8.